The zero-order valence-corrected chi connectivity index (χ0v) is 14.8. The first-order chi connectivity index (χ1) is 11.2. The van der Waals surface area contributed by atoms with Crippen LogP contribution in [0.15, 0.2) is 29.3 Å². The molecule has 24 heavy (non-hydrogen) atoms. The molecule has 0 spiro atoms. The molecule has 0 aromatic heterocycles. The van der Waals surface area contributed by atoms with Crippen molar-refractivity contribution in [3.63, 3.8) is 0 Å². The molecule has 6 heteroatoms. The molecule has 0 bridgehead atoms. The van der Waals surface area contributed by atoms with Crippen molar-refractivity contribution in [2.75, 3.05) is 20.1 Å². The van der Waals surface area contributed by atoms with Gasteiger partial charge in [-0.2, -0.15) is 0 Å². The Labute approximate surface area is 142 Å². The van der Waals surface area contributed by atoms with Gasteiger partial charge in [-0.1, -0.05) is 12.1 Å². The van der Waals surface area contributed by atoms with Crippen LogP contribution in [-0.4, -0.2) is 37.7 Å². The first-order valence-corrected chi connectivity index (χ1v) is 8.16. The Morgan fingerprint density at radius 3 is 2.58 bits per heavy atom. The highest BCUT2D eigenvalue weighted by molar-refractivity contribution is 5.84. The number of carbonyl (C=O) groups excluding carboxylic acids is 1. The number of benzene rings is 1. The Morgan fingerprint density at radius 2 is 2.04 bits per heavy atom. The predicted molar refractivity (Wildman–Crippen MR) is 92.5 cm³/mol. The summed E-state index contributed by atoms with van der Waals surface area (Å²) < 4.78 is 18.7. The molecule has 132 valence electrons. The molecule has 1 aliphatic rings. The highest BCUT2D eigenvalue weighted by Crippen LogP contribution is 2.47. The van der Waals surface area contributed by atoms with E-state index in [1.54, 1.807) is 19.2 Å². The van der Waals surface area contributed by atoms with Crippen molar-refractivity contribution in [2.24, 2.45) is 4.99 Å². The second kappa shape index (κ2) is 7.20. The third-order valence-corrected chi connectivity index (χ3v) is 3.93. The van der Waals surface area contributed by atoms with E-state index in [9.17, 15) is 9.18 Å². The van der Waals surface area contributed by atoms with Crippen molar-refractivity contribution in [2.45, 2.75) is 44.6 Å². The van der Waals surface area contributed by atoms with Crippen molar-refractivity contribution in [3.8, 4) is 0 Å². The molecule has 0 aliphatic heterocycles. The normalized spacial score (nSPS) is 16.5. The number of guanidine groups is 1. The van der Waals surface area contributed by atoms with E-state index in [0.29, 0.717) is 12.5 Å². The first kappa shape index (κ1) is 18.2. The number of rotatable bonds is 5. The van der Waals surface area contributed by atoms with E-state index in [2.05, 4.69) is 15.6 Å². The van der Waals surface area contributed by atoms with Gasteiger partial charge in [-0.15, -0.1) is 0 Å². The summed E-state index contributed by atoms with van der Waals surface area (Å²) in [6, 6.07) is 6.73. The molecular formula is C18H26FN3O2. The highest BCUT2D eigenvalue weighted by Gasteiger charge is 2.44. The van der Waals surface area contributed by atoms with Gasteiger partial charge >= 0.3 is 5.97 Å². The van der Waals surface area contributed by atoms with Crippen molar-refractivity contribution < 1.29 is 13.9 Å². The summed E-state index contributed by atoms with van der Waals surface area (Å²) in [7, 11) is 1.65. The largest absolute Gasteiger partial charge is 0.459 e. The van der Waals surface area contributed by atoms with Crippen LogP contribution in [-0.2, 0) is 14.9 Å². The van der Waals surface area contributed by atoms with Gasteiger partial charge in [-0.3, -0.25) is 9.79 Å². The van der Waals surface area contributed by atoms with Gasteiger partial charge in [-0.25, -0.2) is 4.39 Å². The van der Waals surface area contributed by atoms with Crippen LogP contribution in [0.5, 0.6) is 0 Å². The second-order valence-corrected chi connectivity index (χ2v) is 7.16. The number of esters is 1. The Balaban J connectivity index is 1.85. The lowest BCUT2D eigenvalue weighted by Gasteiger charge is -2.21. The average Bonchev–Trinajstić information content (AvgIpc) is 3.27. The molecule has 5 nitrogen and oxygen atoms in total. The molecule has 1 fully saturated rings. The minimum absolute atomic E-state index is 0.0455. The molecule has 1 aromatic rings. The lowest BCUT2D eigenvalue weighted by atomic mass is 9.96. The Hall–Kier alpha value is -2.11. The highest BCUT2D eigenvalue weighted by atomic mass is 19.1. The molecule has 2 N–H and O–H groups in total. The van der Waals surface area contributed by atoms with E-state index in [0.717, 1.165) is 18.4 Å². The molecule has 1 aliphatic carbocycles. The molecule has 0 amide bonds. The number of carbonyl (C=O) groups is 1. The number of aliphatic imine (C=N–C) groups is 1. The molecule has 0 radical (unpaired) electrons. The maximum Gasteiger partial charge on any atom is 0.325 e. The van der Waals surface area contributed by atoms with Crippen LogP contribution in [0, 0.1) is 5.82 Å². The fourth-order valence-electron chi connectivity index (χ4n) is 2.54. The van der Waals surface area contributed by atoms with Crippen molar-refractivity contribution in [3.05, 3.63) is 35.6 Å². The molecule has 0 saturated heterocycles. The maximum absolute atomic E-state index is 13.4. The monoisotopic (exact) mass is 335 g/mol. The van der Waals surface area contributed by atoms with Crippen LogP contribution in [0.4, 0.5) is 4.39 Å². The zero-order chi connectivity index (χ0) is 17.8. The number of hydrogen-bond acceptors (Lipinski definition) is 3. The van der Waals surface area contributed by atoms with Crippen LogP contribution < -0.4 is 10.6 Å². The molecular weight excluding hydrogens is 309 g/mol. The van der Waals surface area contributed by atoms with Gasteiger partial charge < -0.3 is 15.4 Å². The van der Waals surface area contributed by atoms with Crippen molar-refractivity contribution >= 4 is 11.9 Å². The summed E-state index contributed by atoms with van der Waals surface area (Å²) in [6.07, 6.45) is 2.01. The molecule has 1 saturated carbocycles. The lowest BCUT2D eigenvalue weighted by Crippen LogP contribution is -2.44. The van der Waals surface area contributed by atoms with Gasteiger partial charge in [0, 0.05) is 19.0 Å². The minimum atomic E-state index is -0.509. The van der Waals surface area contributed by atoms with E-state index < -0.39 is 5.60 Å². The predicted octanol–water partition coefficient (Wildman–Crippen LogP) is 2.36. The number of nitrogens with one attached hydrogen (secondary N) is 2. The summed E-state index contributed by atoms with van der Waals surface area (Å²) in [6.45, 7) is 6.17. The third-order valence-electron chi connectivity index (χ3n) is 3.93. The Kier molecular flexibility index (Phi) is 5.47. The Morgan fingerprint density at radius 1 is 1.33 bits per heavy atom. The van der Waals surface area contributed by atoms with E-state index >= 15 is 0 Å². The van der Waals surface area contributed by atoms with Gasteiger partial charge in [0.1, 0.15) is 18.0 Å². The summed E-state index contributed by atoms with van der Waals surface area (Å²) in [5.41, 5.74) is 0.439. The minimum Gasteiger partial charge on any atom is -0.459 e. The SMILES string of the molecule is CN=C(NCC(=O)OC(C)(C)C)NCC1(c2cccc(F)c2)CC1. The zero-order valence-electron chi connectivity index (χ0n) is 14.8. The van der Waals surface area contributed by atoms with E-state index in [-0.39, 0.29) is 23.7 Å². The summed E-state index contributed by atoms with van der Waals surface area (Å²) >= 11 is 0. The van der Waals surface area contributed by atoms with Crippen LogP contribution >= 0.6 is 0 Å². The van der Waals surface area contributed by atoms with Crippen LogP contribution in [0.3, 0.4) is 0 Å². The summed E-state index contributed by atoms with van der Waals surface area (Å²) in [4.78, 5) is 15.9. The van der Waals surface area contributed by atoms with Gasteiger partial charge in [0.2, 0.25) is 0 Å². The molecule has 0 atom stereocenters. The van der Waals surface area contributed by atoms with Gasteiger partial charge in [0.25, 0.3) is 0 Å². The molecule has 0 unspecified atom stereocenters. The van der Waals surface area contributed by atoms with E-state index in [1.807, 2.05) is 26.8 Å². The third kappa shape index (κ3) is 5.22. The smallest absolute Gasteiger partial charge is 0.325 e. The fraction of sp³-hybridized carbons (Fsp3) is 0.556. The van der Waals surface area contributed by atoms with Crippen molar-refractivity contribution in [1.29, 1.82) is 0 Å². The Bertz CT molecular complexity index is 619. The first-order valence-electron chi connectivity index (χ1n) is 8.16. The van der Waals surface area contributed by atoms with Crippen molar-refractivity contribution in [1.82, 2.24) is 10.6 Å². The number of hydrogen-bond donors (Lipinski definition) is 2. The van der Waals surface area contributed by atoms with Gasteiger partial charge in [-0.05, 0) is 51.3 Å². The quantitative estimate of drug-likeness (QED) is 0.493. The molecule has 1 aromatic carbocycles. The fourth-order valence-corrected chi connectivity index (χ4v) is 2.54. The topological polar surface area (TPSA) is 62.7 Å². The second-order valence-electron chi connectivity index (χ2n) is 7.16. The average molecular weight is 335 g/mol. The van der Waals surface area contributed by atoms with Crippen LogP contribution in [0.2, 0.25) is 0 Å². The number of nitrogens with zero attached hydrogens (tertiary/aromatic N) is 1. The summed E-state index contributed by atoms with van der Waals surface area (Å²) in [5, 5.41) is 6.16. The van der Waals surface area contributed by atoms with E-state index in [1.165, 1.54) is 6.07 Å². The molecule has 0 heterocycles. The van der Waals surface area contributed by atoms with Gasteiger partial charge in [0.05, 0.1) is 0 Å². The summed E-state index contributed by atoms with van der Waals surface area (Å²) in [5.74, 6) is -0.0218. The number of ether oxygens (including phenoxy) is 1. The standard InChI is InChI=1S/C18H26FN3O2/c1-17(2,3)24-15(23)11-21-16(20-4)22-12-18(8-9-18)13-6-5-7-14(19)10-13/h5-7,10H,8-9,11-12H2,1-4H3,(H2,20,21,22). The molecule has 2 rings (SSSR count). The van der Waals surface area contributed by atoms with E-state index in [4.69, 9.17) is 4.74 Å². The number of halogens is 1. The van der Waals surface area contributed by atoms with Gasteiger partial charge in [0.15, 0.2) is 5.96 Å². The lowest BCUT2D eigenvalue weighted by molar-refractivity contribution is -0.153. The van der Waals surface area contributed by atoms with Crippen LogP contribution in [0.25, 0.3) is 0 Å². The maximum atomic E-state index is 13.4. The van der Waals surface area contributed by atoms with Crippen LogP contribution in [0.1, 0.15) is 39.2 Å².